The minimum atomic E-state index is -0.454. The van der Waals surface area contributed by atoms with Gasteiger partial charge in [-0.15, -0.1) is 0 Å². The Balaban J connectivity index is 2.08. The third-order valence-corrected chi connectivity index (χ3v) is 2.59. The molecule has 0 atom stereocenters. The zero-order valence-corrected chi connectivity index (χ0v) is 10.3. The van der Waals surface area contributed by atoms with E-state index in [9.17, 15) is 4.79 Å². The van der Waals surface area contributed by atoms with Crippen molar-refractivity contribution in [2.24, 2.45) is 12.2 Å². The van der Waals surface area contributed by atoms with E-state index in [4.69, 9.17) is 4.84 Å². The van der Waals surface area contributed by atoms with E-state index >= 15 is 0 Å². The monoisotopic (exact) mass is 242 g/mol. The molecule has 0 aliphatic carbocycles. The molecule has 0 unspecified atom stereocenters. The molecular weight excluding hydrogens is 228 g/mol. The first-order chi connectivity index (χ1) is 8.68. The summed E-state index contributed by atoms with van der Waals surface area (Å²) in [6.07, 6.45) is 1.91. The Morgan fingerprint density at radius 2 is 1.89 bits per heavy atom. The van der Waals surface area contributed by atoms with Crippen LogP contribution in [0.15, 0.2) is 53.8 Å². The number of benzene rings is 1. The van der Waals surface area contributed by atoms with E-state index in [2.05, 4.69) is 5.16 Å². The number of carbonyl (C=O) groups excluding carboxylic acids is 1. The van der Waals surface area contributed by atoms with Crippen LogP contribution in [0.2, 0.25) is 0 Å². The Morgan fingerprint density at radius 3 is 2.50 bits per heavy atom. The van der Waals surface area contributed by atoms with Crippen LogP contribution in [0.4, 0.5) is 0 Å². The first-order valence-corrected chi connectivity index (χ1v) is 5.61. The molecule has 1 aromatic carbocycles. The van der Waals surface area contributed by atoms with Gasteiger partial charge in [-0.05, 0) is 31.2 Å². The van der Waals surface area contributed by atoms with Crippen molar-refractivity contribution >= 4 is 11.7 Å². The molecule has 18 heavy (non-hydrogen) atoms. The Labute approximate surface area is 105 Å². The molecule has 0 saturated heterocycles. The van der Waals surface area contributed by atoms with Crippen LogP contribution in [0.3, 0.4) is 0 Å². The average molecular weight is 242 g/mol. The highest BCUT2D eigenvalue weighted by atomic mass is 16.7. The van der Waals surface area contributed by atoms with Crippen LogP contribution in [0, 0.1) is 0 Å². The lowest BCUT2D eigenvalue weighted by molar-refractivity contribution is 0.0516. The van der Waals surface area contributed by atoms with Gasteiger partial charge in [0.05, 0.1) is 11.3 Å². The van der Waals surface area contributed by atoms with E-state index in [1.807, 2.05) is 36.0 Å². The van der Waals surface area contributed by atoms with Gasteiger partial charge in [0.1, 0.15) is 5.71 Å². The van der Waals surface area contributed by atoms with Gasteiger partial charge in [-0.25, -0.2) is 4.79 Å². The van der Waals surface area contributed by atoms with Gasteiger partial charge in [-0.1, -0.05) is 23.4 Å². The number of hydrogen-bond donors (Lipinski definition) is 0. The summed E-state index contributed by atoms with van der Waals surface area (Å²) in [5.74, 6) is -0.454. The lowest BCUT2D eigenvalue weighted by Crippen LogP contribution is -2.06. The lowest BCUT2D eigenvalue weighted by Gasteiger charge is -2.02. The maximum absolute atomic E-state index is 11.7. The fourth-order valence-corrected chi connectivity index (χ4v) is 1.62. The van der Waals surface area contributed by atoms with Crippen LogP contribution in [0.5, 0.6) is 0 Å². The number of aromatic nitrogens is 1. The van der Waals surface area contributed by atoms with Crippen molar-refractivity contribution in [2.45, 2.75) is 6.92 Å². The Kier molecular flexibility index (Phi) is 3.57. The van der Waals surface area contributed by atoms with E-state index in [-0.39, 0.29) is 0 Å². The molecule has 1 heterocycles. The summed E-state index contributed by atoms with van der Waals surface area (Å²) in [5.41, 5.74) is 2.06. The Bertz CT molecular complexity index is 570. The molecule has 0 bridgehead atoms. The van der Waals surface area contributed by atoms with Gasteiger partial charge in [0, 0.05) is 13.2 Å². The van der Waals surface area contributed by atoms with Crippen molar-refractivity contribution < 1.29 is 9.63 Å². The summed E-state index contributed by atoms with van der Waals surface area (Å²) in [4.78, 5) is 16.6. The molecule has 0 fully saturated rings. The zero-order valence-electron chi connectivity index (χ0n) is 10.3. The molecule has 4 heteroatoms. The van der Waals surface area contributed by atoms with Crippen molar-refractivity contribution in [1.29, 1.82) is 0 Å². The lowest BCUT2D eigenvalue weighted by atomic mass is 10.2. The van der Waals surface area contributed by atoms with Gasteiger partial charge in [-0.3, -0.25) is 0 Å². The summed E-state index contributed by atoms with van der Waals surface area (Å²) in [6, 6.07) is 12.6. The molecular formula is C14H14N2O2. The number of oxime groups is 1. The Morgan fingerprint density at radius 1 is 1.17 bits per heavy atom. The highest BCUT2D eigenvalue weighted by Gasteiger charge is 2.07. The van der Waals surface area contributed by atoms with Gasteiger partial charge < -0.3 is 9.40 Å². The molecule has 0 spiro atoms. The molecule has 1 aromatic heterocycles. The highest BCUT2D eigenvalue weighted by Crippen LogP contribution is 2.05. The fraction of sp³-hybridized carbons (Fsp3) is 0.143. The van der Waals surface area contributed by atoms with E-state index in [0.29, 0.717) is 11.3 Å². The zero-order chi connectivity index (χ0) is 13.0. The van der Waals surface area contributed by atoms with Crippen LogP contribution >= 0.6 is 0 Å². The minimum Gasteiger partial charge on any atom is -0.349 e. The third kappa shape index (κ3) is 2.66. The second-order valence-corrected chi connectivity index (χ2v) is 3.93. The van der Waals surface area contributed by atoms with Crippen molar-refractivity contribution in [2.75, 3.05) is 0 Å². The van der Waals surface area contributed by atoms with Gasteiger partial charge in [0.2, 0.25) is 0 Å². The van der Waals surface area contributed by atoms with Crippen LogP contribution in [-0.4, -0.2) is 16.2 Å². The summed E-state index contributed by atoms with van der Waals surface area (Å²) in [6.45, 7) is 1.80. The quantitative estimate of drug-likeness (QED) is 0.471. The smallest absolute Gasteiger partial charge is 0.349 e. The Hall–Kier alpha value is -2.36. The number of rotatable bonds is 3. The molecule has 0 N–H and O–H groups in total. The van der Waals surface area contributed by atoms with Crippen molar-refractivity contribution in [3.05, 3.63) is 59.9 Å². The normalized spacial score (nSPS) is 11.3. The van der Waals surface area contributed by atoms with Gasteiger partial charge in [-0.2, -0.15) is 0 Å². The van der Waals surface area contributed by atoms with Crippen molar-refractivity contribution in [3.8, 4) is 0 Å². The van der Waals surface area contributed by atoms with Crippen LogP contribution in [0.1, 0.15) is 23.0 Å². The summed E-state index contributed by atoms with van der Waals surface area (Å²) in [5, 5.41) is 3.85. The molecule has 0 amide bonds. The van der Waals surface area contributed by atoms with E-state index in [1.165, 1.54) is 0 Å². The average Bonchev–Trinajstić information content (AvgIpc) is 2.83. The van der Waals surface area contributed by atoms with Gasteiger partial charge in [0.25, 0.3) is 0 Å². The first-order valence-electron chi connectivity index (χ1n) is 5.61. The predicted molar refractivity (Wildman–Crippen MR) is 69.5 cm³/mol. The van der Waals surface area contributed by atoms with Crippen LogP contribution < -0.4 is 0 Å². The van der Waals surface area contributed by atoms with Crippen molar-refractivity contribution in [1.82, 2.24) is 4.57 Å². The molecule has 2 aromatic rings. The van der Waals surface area contributed by atoms with E-state index in [0.717, 1.165) is 5.69 Å². The maximum atomic E-state index is 11.7. The first kappa shape index (κ1) is 12.1. The number of carbonyl (C=O) groups is 1. The predicted octanol–water partition coefficient (Wildman–Crippen LogP) is 2.61. The van der Waals surface area contributed by atoms with E-state index in [1.54, 1.807) is 31.2 Å². The van der Waals surface area contributed by atoms with Crippen molar-refractivity contribution in [3.63, 3.8) is 0 Å². The van der Waals surface area contributed by atoms with E-state index < -0.39 is 5.97 Å². The standard InChI is InChI=1S/C14H14N2O2/c1-11(13-9-6-10-16(13)2)15-18-14(17)12-7-4-3-5-8-12/h3-10H,1-2H3/b15-11+. The molecule has 0 radical (unpaired) electrons. The maximum Gasteiger partial charge on any atom is 0.365 e. The molecule has 0 saturated carbocycles. The molecule has 0 aliphatic heterocycles. The third-order valence-electron chi connectivity index (χ3n) is 2.59. The molecule has 4 nitrogen and oxygen atoms in total. The number of nitrogens with zero attached hydrogens (tertiary/aromatic N) is 2. The van der Waals surface area contributed by atoms with Gasteiger partial charge >= 0.3 is 5.97 Å². The summed E-state index contributed by atoms with van der Waals surface area (Å²) < 4.78 is 1.91. The number of hydrogen-bond acceptors (Lipinski definition) is 3. The molecule has 0 aliphatic rings. The minimum absolute atomic E-state index is 0.454. The summed E-state index contributed by atoms with van der Waals surface area (Å²) >= 11 is 0. The van der Waals surface area contributed by atoms with Crippen LogP contribution in [-0.2, 0) is 11.9 Å². The molecule has 92 valence electrons. The SMILES string of the molecule is C/C(=N\OC(=O)c1ccccc1)c1cccn1C. The second-order valence-electron chi connectivity index (χ2n) is 3.93. The second kappa shape index (κ2) is 5.31. The van der Waals surface area contributed by atoms with Crippen LogP contribution in [0.25, 0.3) is 0 Å². The fourth-order valence-electron chi connectivity index (χ4n) is 1.62. The molecule has 2 rings (SSSR count). The van der Waals surface area contributed by atoms with Gasteiger partial charge in [0.15, 0.2) is 0 Å². The highest BCUT2D eigenvalue weighted by molar-refractivity contribution is 5.98. The summed E-state index contributed by atoms with van der Waals surface area (Å²) in [7, 11) is 1.91. The largest absolute Gasteiger partial charge is 0.365 e. The number of aryl methyl sites for hydroxylation is 1. The topological polar surface area (TPSA) is 43.6 Å².